The lowest BCUT2D eigenvalue weighted by Gasteiger charge is -2.34. The van der Waals surface area contributed by atoms with Gasteiger partial charge < -0.3 is 9.80 Å². The molecule has 4 nitrogen and oxygen atoms in total. The average Bonchev–Trinajstić information content (AvgIpc) is 2.82. The third-order valence-electron chi connectivity index (χ3n) is 3.41. The molecule has 0 bridgehead atoms. The van der Waals surface area contributed by atoms with Crippen LogP contribution in [0.15, 0.2) is 11.6 Å². The van der Waals surface area contributed by atoms with E-state index in [1.807, 2.05) is 10.3 Å². The van der Waals surface area contributed by atoms with E-state index in [0.29, 0.717) is 6.42 Å². The first-order chi connectivity index (χ1) is 8.58. The van der Waals surface area contributed by atoms with Gasteiger partial charge in [-0.3, -0.25) is 4.79 Å². The van der Waals surface area contributed by atoms with E-state index in [1.54, 1.807) is 17.5 Å². The van der Waals surface area contributed by atoms with Crippen molar-refractivity contribution in [2.45, 2.75) is 10.8 Å². The van der Waals surface area contributed by atoms with Crippen molar-refractivity contribution in [2.24, 2.45) is 5.92 Å². The monoisotopic (exact) mass is 305 g/mol. The van der Waals surface area contributed by atoms with Crippen LogP contribution in [0.25, 0.3) is 0 Å². The van der Waals surface area contributed by atoms with Crippen LogP contribution >= 0.6 is 34.5 Å². The SMILES string of the molecule is O=C([C@@H]1CC1(Cl)Cl)N1CCN(c2nccs2)CC1. The van der Waals surface area contributed by atoms with Gasteiger partial charge in [0.2, 0.25) is 5.91 Å². The number of carbonyl (C=O) groups is 1. The van der Waals surface area contributed by atoms with Gasteiger partial charge in [0, 0.05) is 37.8 Å². The minimum Gasteiger partial charge on any atom is -0.345 e. The molecule has 1 aromatic heterocycles. The Morgan fingerprint density at radius 2 is 2.06 bits per heavy atom. The Bertz CT molecular complexity index is 443. The Hall–Kier alpha value is -0.520. The minimum absolute atomic E-state index is 0.0961. The molecule has 1 aliphatic carbocycles. The lowest BCUT2D eigenvalue weighted by atomic mass is 10.3. The number of amides is 1. The number of alkyl halides is 2. The Morgan fingerprint density at radius 3 is 2.56 bits per heavy atom. The average molecular weight is 306 g/mol. The number of hydrogen-bond acceptors (Lipinski definition) is 4. The quantitative estimate of drug-likeness (QED) is 0.784. The molecule has 1 aliphatic heterocycles. The van der Waals surface area contributed by atoms with E-state index in [1.165, 1.54) is 0 Å². The van der Waals surface area contributed by atoms with E-state index in [9.17, 15) is 4.79 Å². The summed E-state index contributed by atoms with van der Waals surface area (Å²) in [5.41, 5.74) is 0. The van der Waals surface area contributed by atoms with E-state index in [2.05, 4.69) is 9.88 Å². The third-order valence-corrected chi connectivity index (χ3v) is 5.07. The van der Waals surface area contributed by atoms with Crippen molar-refractivity contribution in [3.8, 4) is 0 Å². The number of carbonyl (C=O) groups excluding carboxylic acids is 1. The summed E-state index contributed by atoms with van der Waals surface area (Å²) < 4.78 is -0.816. The van der Waals surface area contributed by atoms with Crippen LogP contribution < -0.4 is 4.90 Å². The van der Waals surface area contributed by atoms with E-state index < -0.39 is 4.33 Å². The predicted molar refractivity (Wildman–Crippen MR) is 73.5 cm³/mol. The second-order valence-electron chi connectivity index (χ2n) is 4.64. The standard InChI is InChI=1S/C11H13Cl2N3OS/c12-11(13)7-8(11)9(17)15-2-4-16(5-3-15)10-14-1-6-18-10/h1,6,8H,2-5,7H2/t8-/m0/s1. The zero-order valence-corrected chi connectivity index (χ0v) is 12.0. The highest BCUT2D eigenvalue weighted by Crippen LogP contribution is 2.53. The molecular formula is C11H13Cl2N3OS. The molecule has 0 N–H and O–H groups in total. The van der Waals surface area contributed by atoms with Gasteiger partial charge in [0.15, 0.2) is 5.13 Å². The molecule has 3 rings (SSSR count). The topological polar surface area (TPSA) is 36.4 Å². The van der Waals surface area contributed by atoms with Crippen LogP contribution in [0, 0.1) is 5.92 Å². The van der Waals surface area contributed by atoms with Crippen LogP contribution in [0.2, 0.25) is 0 Å². The Morgan fingerprint density at radius 1 is 1.39 bits per heavy atom. The van der Waals surface area contributed by atoms with Gasteiger partial charge in [0.05, 0.1) is 5.92 Å². The first-order valence-electron chi connectivity index (χ1n) is 5.89. The molecule has 1 saturated carbocycles. The summed E-state index contributed by atoms with van der Waals surface area (Å²) in [6.07, 6.45) is 2.39. The highest BCUT2D eigenvalue weighted by molar-refractivity contribution is 7.13. The van der Waals surface area contributed by atoms with Crippen molar-refractivity contribution in [3.63, 3.8) is 0 Å². The van der Waals surface area contributed by atoms with Crippen molar-refractivity contribution in [1.29, 1.82) is 0 Å². The number of piperazine rings is 1. The van der Waals surface area contributed by atoms with Crippen molar-refractivity contribution in [2.75, 3.05) is 31.1 Å². The molecule has 1 amide bonds. The minimum atomic E-state index is -0.816. The highest BCUT2D eigenvalue weighted by atomic mass is 35.5. The van der Waals surface area contributed by atoms with Crippen molar-refractivity contribution >= 4 is 45.6 Å². The van der Waals surface area contributed by atoms with Crippen LogP contribution in [0.4, 0.5) is 5.13 Å². The summed E-state index contributed by atoms with van der Waals surface area (Å²) >= 11 is 13.5. The van der Waals surface area contributed by atoms with Crippen LogP contribution in [0.5, 0.6) is 0 Å². The first-order valence-corrected chi connectivity index (χ1v) is 7.52. The maximum atomic E-state index is 12.1. The molecule has 0 aromatic carbocycles. The first kappa shape index (κ1) is 12.5. The Balaban J connectivity index is 1.56. The van der Waals surface area contributed by atoms with Crippen LogP contribution in [0.1, 0.15) is 6.42 Å². The second kappa shape index (κ2) is 4.54. The molecule has 1 aromatic rings. The summed E-state index contributed by atoms with van der Waals surface area (Å²) in [4.78, 5) is 20.4. The van der Waals surface area contributed by atoms with Gasteiger partial charge >= 0.3 is 0 Å². The number of rotatable bonds is 2. The van der Waals surface area contributed by atoms with Gasteiger partial charge in [0.1, 0.15) is 4.33 Å². The summed E-state index contributed by atoms with van der Waals surface area (Å²) in [7, 11) is 0. The number of thiazole rings is 1. The zero-order valence-electron chi connectivity index (χ0n) is 9.68. The fourth-order valence-corrected chi connectivity index (χ4v) is 3.38. The van der Waals surface area contributed by atoms with Crippen molar-refractivity contribution in [1.82, 2.24) is 9.88 Å². The Labute approximate surface area is 119 Å². The lowest BCUT2D eigenvalue weighted by molar-refractivity contribution is -0.132. The summed E-state index contributed by atoms with van der Waals surface area (Å²) in [5.74, 6) is -0.106. The molecule has 2 heterocycles. The third kappa shape index (κ3) is 2.31. The largest absolute Gasteiger partial charge is 0.345 e. The molecular weight excluding hydrogens is 293 g/mol. The van der Waals surface area contributed by atoms with Gasteiger partial charge in [-0.25, -0.2) is 4.98 Å². The normalized spacial score (nSPS) is 26.2. The van der Waals surface area contributed by atoms with E-state index in [0.717, 1.165) is 31.3 Å². The zero-order chi connectivity index (χ0) is 12.8. The maximum absolute atomic E-state index is 12.1. The predicted octanol–water partition coefficient (Wildman–Crippen LogP) is 1.99. The number of nitrogens with zero attached hydrogens (tertiary/aromatic N) is 3. The van der Waals surface area contributed by atoms with Gasteiger partial charge in [-0.1, -0.05) is 0 Å². The lowest BCUT2D eigenvalue weighted by Crippen LogP contribution is -2.49. The van der Waals surface area contributed by atoms with E-state index in [4.69, 9.17) is 23.2 Å². The fourth-order valence-electron chi connectivity index (χ4n) is 2.19. The van der Waals surface area contributed by atoms with Crippen LogP contribution in [0.3, 0.4) is 0 Å². The smallest absolute Gasteiger partial charge is 0.228 e. The molecule has 0 unspecified atom stereocenters. The second-order valence-corrected chi connectivity index (χ2v) is 7.06. The van der Waals surface area contributed by atoms with Gasteiger partial charge in [-0.05, 0) is 6.42 Å². The number of anilines is 1. The van der Waals surface area contributed by atoms with Gasteiger partial charge in [-0.2, -0.15) is 0 Å². The number of hydrogen-bond donors (Lipinski definition) is 0. The highest BCUT2D eigenvalue weighted by Gasteiger charge is 2.57. The van der Waals surface area contributed by atoms with Crippen molar-refractivity contribution < 1.29 is 4.79 Å². The molecule has 1 atom stereocenters. The van der Waals surface area contributed by atoms with Crippen LogP contribution in [-0.4, -0.2) is 46.3 Å². The van der Waals surface area contributed by atoms with Crippen molar-refractivity contribution in [3.05, 3.63) is 11.6 Å². The molecule has 2 fully saturated rings. The fraction of sp³-hybridized carbons (Fsp3) is 0.636. The van der Waals surface area contributed by atoms with E-state index in [-0.39, 0.29) is 11.8 Å². The molecule has 0 radical (unpaired) electrons. The summed E-state index contributed by atoms with van der Waals surface area (Å²) in [6, 6.07) is 0. The maximum Gasteiger partial charge on any atom is 0.228 e. The molecule has 1 saturated heterocycles. The molecule has 98 valence electrons. The van der Waals surface area contributed by atoms with Gasteiger partial charge in [-0.15, -0.1) is 34.5 Å². The van der Waals surface area contributed by atoms with Crippen LogP contribution in [-0.2, 0) is 4.79 Å². The van der Waals surface area contributed by atoms with E-state index >= 15 is 0 Å². The number of halogens is 2. The summed E-state index contributed by atoms with van der Waals surface area (Å²) in [6.45, 7) is 3.09. The Kier molecular flexibility index (Phi) is 3.16. The molecule has 7 heteroatoms. The molecule has 2 aliphatic rings. The number of aromatic nitrogens is 1. The van der Waals surface area contributed by atoms with Gasteiger partial charge in [0.25, 0.3) is 0 Å². The summed E-state index contributed by atoms with van der Waals surface area (Å²) in [5, 5.41) is 2.99. The molecule has 18 heavy (non-hydrogen) atoms. The molecule has 0 spiro atoms.